The molecule has 0 aliphatic heterocycles. The average Bonchev–Trinajstić information content (AvgIpc) is 2.21. The molecule has 0 fully saturated rings. The number of hydrogen-bond acceptors (Lipinski definition) is 2. The van der Waals surface area contributed by atoms with Crippen molar-refractivity contribution in [3.8, 4) is 5.75 Å². The molecular weight excluding hydrogens is 265 g/mol. The maximum Gasteiger partial charge on any atom is 0.289 e. The quantitative estimate of drug-likeness (QED) is 0.647. The van der Waals surface area contributed by atoms with Crippen molar-refractivity contribution >= 4 is 35.1 Å². The predicted molar refractivity (Wildman–Crippen MR) is 67.4 cm³/mol. The number of hydrogen-bond donors (Lipinski definition) is 2. The molecule has 0 radical (unpaired) electrons. The van der Waals surface area contributed by atoms with Gasteiger partial charge in [-0.3, -0.25) is 4.79 Å². The number of carbonyl (C=O) groups is 1. The Morgan fingerprint density at radius 2 is 2.06 bits per heavy atom. The summed E-state index contributed by atoms with van der Waals surface area (Å²) < 4.78 is 5.30. The molecule has 17 heavy (non-hydrogen) atoms. The van der Waals surface area contributed by atoms with E-state index in [-0.39, 0.29) is 5.96 Å². The smallest absolute Gasteiger partial charge is 0.289 e. The summed E-state index contributed by atoms with van der Waals surface area (Å²) in [7, 11) is 0. The highest BCUT2D eigenvalue weighted by atomic mass is 35.5. The van der Waals surface area contributed by atoms with Crippen LogP contribution in [0.1, 0.15) is 6.92 Å². The normalized spacial score (nSPS) is 11.7. The van der Waals surface area contributed by atoms with Crippen molar-refractivity contribution in [1.82, 2.24) is 0 Å². The Bertz CT molecular complexity index is 459. The van der Waals surface area contributed by atoms with Crippen LogP contribution < -0.4 is 16.2 Å². The minimum Gasteiger partial charge on any atom is -0.479 e. The SMILES string of the molecule is CC(Oc1ccc(Cl)cc1Cl)C(=O)N=C(N)N. The first kappa shape index (κ1) is 13.6. The third kappa shape index (κ3) is 4.13. The molecule has 0 aliphatic carbocycles. The zero-order valence-corrected chi connectivity index (χ0v) is 10.5. The van der Waals surface area contributed by atoms with E-state index in [1.807, 2.05) is 0 Å². The van der Waals surface area contributed by atoms with Crippen molar-refractivity contribution < 1.29 is 9.53 Å². The third-order valence-corrected chi connectivity index (χ3v) is 2.32. The van der Waals surface area contributed by atoms with Gasteiger partial charge in [-0.2, -0.15) is 4.99 Å². The summed E-state index contributed by atoms with van der Waals surface area (Å²) in [4.78, 5) is 14.8. The van der Waals surface area contributed by atoms with Crippen LogP contribution in [0.5, 0.6) is 5.75 Å². The summed E-state index contributed by atoms with van der Waals surface area (Å²) in [6.07, 6.45) is -0.837. The third-order valence-electron chi connectivity index (χ3n) is 1.78. The van der Waals surface area contributed by atoms with Crippen LogP contribution in [0.2, 0.25) is 10.0 Å². The molecular formula is C10H11Cl2N3O2. The monoisotopic (exact) mass is 275 g/mol. The van der Waals surface area contributed by atoms with Crippen LogP contribution in [0.4, 0.5) is 0 Å². The number of nitrogens with zero attached hydrogens (tertiary/aromatic N) is 1. The summed E-state index contributed by atoms with van der Waals surface area (Å²) in [5.41, 5.74) is 10.2. The molecule has 5 nitrogen and oxygen atoms in total. The van der Waals surface area contributed by atoms with E-state index < -0.39 is 12.0 Å². The second-order valence-electron chi connectivity index (χ2n) is 3.21. The predicted octanol–water partition coefficient (Wildman–Crippen LogP) is 1.56. The summed E-state index contributed by atoms with van der Waals surface area (Å²) >= 11 is 11.6. The number of rotatable bonds is 3. The molecule has 0 saturated carbocycles. The fourth-order valence-corrected chi connectivity index (χ4v) is 1.48. The van der Waals surface area contributed by atoms with Gasteiger partial charge in [0.15, 0.2) is 12.1 Å². The van der Waals surface area contributed by atoms with Crippen LogP contribution in [0.25, 0.3) is 0 Å². The zero-order valence-electron chi connectivity index (χ0n) is 8.98. The summed E-state index contributed by atoms with van der Waals surface area (Å²) in [5, 5.41) is 0.785. The first-order valence-electron chi connectivity index (χ1n) is 4.65. The molecule has 0 bridgehead atoms. The van der Waals surface area contributed by atoms with Crippen LogP contribution in [0.15, 0.2) is 23.2 Å². The second kappa shape index (κ2) is 5.75. The van der Waals surface area contributed by atoms with Crippen LogP contribution in [-0.4, -0.2) is 18.0 Å². The Labute approximate surface area is 108 Å². The highest BCUT2D eigenvalue weighted by molar-refractivity contribution is 6.35. The van der Waals surface area contributed by atoms with Gasteiger partial charge < -0.3 is 16.2 Å². The van der Waals surface area contributed by atoms with Gasteiger partial charge in [-0.05, 0) is 25.1 Å². The van der Waals surface area contributed by atoms with Crippen molar-refractivity contribution in [2.24, 2.45) is 16.5 Å². The highest BCUT2D eigenvalue weighted by Crippen LogP contribution is 2.28. The van der Waals surface area contributed by atoms with E-state index in [0.717, 1.165) is 0 Å². The summed E-state index contributed by atoms with van der Waals surface area (Å²) in [6, 6.07) is 4.67. The number of carbonyl (C=O) groups excluding carboxylic acids is 1. The summed E-state index contributed by atoms with van der Waals surface area (Å²) in [6.45, 7) is 1.51. The molecule has 1 rings (SSSR count). The molecule has 1 aromatic carbocycles. The standard InChI is InChI=1S/C10H11Cl2N3O2/c1-5(9(16)15-10(13)14)17-8-3-2-6(11)4-7(8)12/h2-5H,1H3,(H4,13,14,15,16). The Morgan fingerprint density at radius 1 is 1.41 bits per heavy atom. The lowest BCUT2D eigenvalue weighted by Crippen LogP contribution is -2.29. The fraction of sp³-hybridized carbons (Fsp3) is 0.200. The molecule has 0 saturated heterocycles. The molecule has 1 unspecified atom stereocenters. The maximum absolute atomic E-state index is 11.4. The van der Waals surface area contributed by atoms with E-state index in [0.29, 0.717) is 15.8 Å². The molecule has 0 aliphatic rings. The van der Waals surface area contributed by atoms with E-state index in [2.05, 4.69) is 4.99 Å². The van der Waals surface area contributed by atoms with Crippen molar-refractivity contribution in [3.05, 3.63) is 28.2 Å². The Morgan fingerprint density at radius 3 is 2.59 bits per heavy atom. The van der Waals surface area contributed by atoms with Gasteiger partial charge in [0.25, 0.3) is 5.91 Å². The molecule has 1 atom stereocenters. The largest absolute Gasteiger partial charge is 0.479 e. The molecule has 4 N–H and O–H groups in total. The lowest BCUT2D eigenvalue weighted by atomic mass is 10.3. The van der Waals surface area contributed by atoms with Gasteiger partial charge in [0.1, 0.15) is 5.75 Å². The van der Waals surface area contributed by atoms with Crippen LogP contribution in [0, 0.1) is 0 Å². The Kier molecular flexibility index (Phi) is 4.60. The molecule has 7 heteroatoms. The second-order valence-corrected chi connectivity index (χ2v) is 4.05. The van der Waals surface area contributed by atoms with Crippen molar-refractivity contribution in [1.29, 1.82) is 0 Å². The Hall–Kier alpha value is -1.46. The number of benzene rings is 1. The van der Waals surface area contributed by atoms with Gasteiger partial charge in [-0.25, -0.2) is 0 Å². The van der Waals surface area contributed by atoms with Crippen LogP contribution in [-0.2, 0) is 4.79 Å². The van der Waals surface area contributed by atoms with E-state index in [9.17, 15) is 4.79 Å². The highest BCUT2D eigenvalue weighted by Gasteiger charge is 2.15. The van der Waals surface area contributed by atoms with Crippen molar-refractivity contribution in [3.63, 3.8) is 0 Å². The lowest BCUT2D eigenvalue weighted by Gasteiger charge is -2.12. The van der Waals surface area contributed by atoms with Crippen molar-refractivity contribution in [2.45, 2.75) is 13.0 Å². The lowest BCUT2D eigenvalue weighted by molar-refractivity contribution is -0.123. The van der Waals surface area contributed by atoms with Gasteiger partial charge in [0.2, 0.25) is 0 Å². The molecule has 0 heterocycles. The zero-order chi connectivity index (χ0) is 13.0. The van der Waals surface area contributed by atoms with Crippen LogP contribution >= 0.6 is 23.2 Å². The number of nitrogens with two attached hydrogens (primary N) is 2. The number of aliphatic imine (C=N–C) groups is 1. The molecule has 92 valence electrons. The van der Waals surface area contributed by atoms with Gasteiger partial charge in [-0.1, -0.05) is 23.2 Å². The number of halogens is 2. The first-order chi connectivity index (χ1) is 7.90. The topological polar surface area (TPSA) is 90.7 Å². The Balaban J connectivity index is 2.78. The van der Waals surface area contributed by atoms with Crippen LogP contribution in [0.3, 0.4) is 0 Å². The van der Waals surface area contributed by atoms with Gasteiger partial charge in [-0.15, -0.1) is 0 Å². The van der Waals surface area contributed by atoms with E-state index in [4.69, 9.17) is 39.4 Å². The summed E-state index contributed by atoms with van der Waals surface area (Å²) in [5.74, 6) is -0.564. The van der Waals surface area contributed by atoms with E-state index in [1.54, 1.807) is 12.1 Å². The molecule has 0 spiro atoms. The maximum atomic E-state index is 11.4. The van der Waals surface area contributed by atoms with E-state index in [1.165, 1.54) is 13.0 Å². The van der Waals surface area contributed by atoms with E-state index >= 15 is 0 Å². The van der Waals surface area contributed by atoms with Gasteiger partial charge in [0.05, 0.1) is 5.02 Å². The minimum atomic E-state index is -0.837. The molecule has 0 aromatic heterocycles. The molecule has 1 aromatic rings. The fourth-order valence-electron chi connectivity index (χ4n) is 1.03. The molecule has 1 amide bonds. The van der Waals surface area contributed by atoms with Crippen molar-refractivity contribution in [2.75, 3.05) is 0 Å². The first-order valence-corrected chi connectivity index (χ1v) is 5.41. The van der Waals surface area contributed by atoms with Gasteiger partial charge in [0, 0.05) is 5.02 Å². The van der Waals surface area contributed by atoms with Gasteiger partial charge >= 0.3 is 0 Å². The number of guanidine groups is 1. The number of ether oxygens (including phenoxy) is 1. The number of amides is 1. The average molecular weight is 276 g/mol. The minimum absolute atomic E-state index is 0.307.